The lowest BCUT2D eigenvalue weighted by Gasteiger charge is -2.39. The number of halogens is 1. The Kier molecular flexibility index (Phi) is 4.45. The van der Waals surface area contributed by atoms with Crippen LogP contribution in [-0.4, -0.2) is 17.4 Å². The Bertz CT molecular complexity index is 547. The summed E-state index contributed by atoms with van der Waals surface area (Å²) in [6.07, 6.45) is 1.24. The third kappa shape index (κ3) is 3.31. The molecule has 1 heterocycles. The standard InChI is InChI=1S/C17H21FO3/c1-11(2)17(10-14(19)9-16(20)21-17)8-7-13-5-4-6-15(18)12(13)3/h4-6,11H,7-10H2,1-3H3. The van der Waals surface area contributed by atoms with Crippen LogP contribution in [-0.2, 0) is 20.7 Å². The highest BCUT2D eigenvalue weighted by Gasteiger charge is 2.43. The Hall–Kier alpha value is -1.71. The van der Waals surface area contributed by atoms with Gasteiger partial charge in [-0.3, -0.25) is 9.59 Å². The molecule has 2 rings (SSSR count). The van der Waals surface area contributed by atoms with Crippen LogP contribution in [0.15, 0.2) is 18.2 Å². The van der Waals surface area contributed by atoms with E-state index in [2.05, 4.69) is 0 Å². The molecule has 0 amide bonds. The van der Waals surface area contributed by atoms with E-state index in [1.54, 1.807) is 13.0 Å². The number of ketones is 1. The molecule has 1 aliphatic heterocycles. The van der Waals surface area contributed by atoms with Crippen molar-refractivity contribution < 1.29 is 18.7 Å². The average molecular weight is 292 g/mol. The predicted octanol–water partition coefficient (Wildman–Crippen LogP) is 3.37. The van der Waals surface area contributed by atoms with E-state index in [9.17, 15) is 14.0 Å². The molecule has 0 saturated carbocycles. The van der Waals surface area contributed by atoms with Crippen molar-refractivity contribution in [2.45, 2.75) is 52.1 Å². The summed E-state index contributed by atoms with van der Waals surface area (Å²) in [7, 11) is 0. The van der Waals surface area contributed by atoms with Crippen molar-refractivity contribution in [2.75, 3.05) is 0 Å². The van der Waals surface area contributed by atoms with Gasteiger partial charge in [-0.25, -0.2) is 4.39 Å². The quantitative estimate of drug-likeness (QED) is 0.631. The molecule has 1 unspecified atom stereocenters. The zero-order valence-corrected chi connectivity index (χ0v) is 12.7. The Balaban J connectivity index is 2.19. The van der Waals surface area contributed by atoms with Gasteiger partial charge in [-0.15, -0.1) is 0 Å². The summed E-state index contributed by atoms with van der Waals surface area (Å²) in [6.45, 7) is 5.64. The molecule has 1 aromatic carbocycles. The number of hydrogen-bond acceptors (Lipinski definition) is 3. The first-order chi connectivity index (χ1) is 9.84. The van der Waals surface area contributed by atoms with Crippen molar-refractivity contribution in [1.29, 1.82) is 0 Å². The largest absolute Gasteiger partial charge is 0.458 e. The Morgan fingerprint density at radius 2 is 2.05 bits per heavy atom. The SMILES string of the molecule is Cc1c(F)cccc1CCC1(C(C)C)CC(=O)CC(=O)O1. The first kappa shape index (κ1) is 15.7. The molecule has 114 valence electrons. The van der Waals surface area contributed by atoms with Crippen LogP contribution >= 0.6 is 0 Å². The van der Waals surface area contributed by atoms with E-state index >= 15 is 0 Å². The highest BCUT2D eigenvalue weighted by atomic mass is 19.1. The van der Waals surface area contributed by atoms with Gasteiger partial charge in [-0.1, -0.05) is 26.0 Å². The number of carbonyl (C=O) groups is 2. The fourth-order valence-corrected chi connectivity index (χ4v) is 2.88. The average Bonchev–Trinajstić information content (AvgIpc) is 2.39. The molecule has 21 heavy (non-hydrogen) atoms. The lowest BCUT2D eigenvalue weighted by atomic mass is 9.78. The molecular formula is C17H21FO3. The van der Waals surface area contributed by atoms with Gasteiger partial charge >= 0.3 is 5.97 Å². The summed E-state index contributed by atoms with van der Waals surface area (Å²) in [5.41, 5.74) is 0.750. The fraction of sp³-hybridized carbons (Fsp3) is 0.529. The number of aryl methyl sites for hydroxylation is 1. The van der Waals surface area contributed by atoms with Crippen molar-refractivity contribution in [1.82, 2.24) is 0 Å². The molecule has 0 bridgehead atoms. The zero-order chi connectivity index (χ0) is 15.6. The minimum atomic E-state index is -0.759. The van der Waals surface area contributed by atoms with Crippen LogP contribution in [0.5, 0.6) is 0 Å². The molecule has 4 heteroatoms. The van der Waals surface area contributed by atoms with E-state index in [0.717, 1.165) is 5.56 Å². The third-order valence-electron chi connectivity index (χ3n) is 4.40. The van der Waals surface area contributed by atoms with Crippen LogP contribution in [0, 0.1) is 18.7 Å². The minimum absolute atomic E-state index is 0.0413. The molecular weight excluding hydrogens is 271 g/mol. The number of ether oxygens (including phenoxy) is 1. The van der Waals surface area contributed by atoms with Gasteiger partial charge in [-0.2, -0.15) is 0 Å². The smallest absolute Gasteiger partial charge is 0.313 e. The third-order valence-corrected chi connectivity index (χ3v) is 4.40. The van der Waals surface area contributed by atoms with Gasteiger partial charge in [0.1, 0.15) is 23.6 Å². The van der Waals surface area contributed by atoms with E-state index in [0.29, 0.717) is 18.4 Å². The number of hydrogen-bond donors (Lipinski definition) is 0. The molecule has 0 radical (unpaired) electrons. The van der Waals surface area contributed by atoms with Gasteiger partial charge in [0.2, 0.25) is 0 Å². The predicted molar refractivity (Wildman–Crippen MR) is 77.4 cm³/mol. The zero-order valence-electron chi connectivity index (χ0n) is 12.7. The Morgan fingerprint density at radius 1 is 1.33 bits per heavy atom. The first-order valence-electron chi connectivity index (χ1n) is 7.31. The maximum Gasteiger partial charge on any atom is 0.313 e. The number of benzene rings is 1. The molecule has 1 atom stereocenters. The topological polar surface area (TPSA) is 43.4 Å². The second-order valence-electron chi connectivity index (χ2n) is 6.11. The molecule has 1 saturated heterocycles. The highest BCUT2D eigenvalue weighted by molar-refractivity contribution is 5.98. The Labute approximate surface area is 124 Å². The van der Waals surface area contributed by atoms with E-state index in [4.69, 9.17) is 4.74 Å². The summed E-state index contributed by atoms with van der Waals surface area (Å²) in [5, 5.41) is 0. The van der Waals surface area contributed by atoms with Crippen LogP contribution in [0.2, 0.25) is 0 Å². The second kappa shape index (κ2) is 5.96. The summed E-state index contributed by atoms with van der Waals surface area (Å²) >= 11 is 0. The molecule has 3 nitrogen and oxygen atoms in total. The number of cyclic esters (lactones) is 1. The number of rotatable bonds is 4. The van der Waals surface area contributed by atoms with Crippen LogP contribution in [0.1, 0.15) is 44.2 Å². The molecule has 1 fully saturated rings. The van der Waals surface area contributed by atoms with Crippen LogP contribution in [0.3, 0.4) is 0 Å². The van der Waals surface area contributed by atoms with Gasteiger partial charge in [-0.05, 0) is 42.9 Å². The molecule has 1 aromatic rings. The second-order valence-corrected chi connectivity index (χ2v) is 6.11. The molecule has 0 aliphatic carbocycles. The van der Waals surface area contributed by atoms with Crippen molar-refractivity contribution in [3.05, 3.63) is 35.1 Å². The van der Waals surface area contributed by atoms with E-state index in [1.165, 1.54) is 6.07 Å². The van der Waals surface area contributed by atoms with Crippen molar-refractivity contribution in [2.24, 2.45) is 5.92 Å². The molecule has 0 aromatic heterocycles. The maximum atomic E-state index is 13.6. The molecule has 0 N–H and O–H groups in total. The number of carbonyl (C=O) groups excluding carboxylic acids is 2. The lowest BCUT2D eigenvalue weighted by molar-refractivity contribution is -0.177. The fourth-order valence-electron chi connectivity index (χ4n) is 2.88. The summed E-state index contributed by atoms with van der Waals surface area (Å²) < 4.78 is 19.1. The van der Waals surface area contributed by atoms with Gasteiger partial charge in [0.15, 0.2) is 0 Å². The normalized spacial score (nSPS) is 22.5. The Morgan fingerprint density at radius 3 is 2.67 bits per heavy atom. The van der Waals surface area contributed by atoms with Gasteiger partial charge < -0.3 is 4.74 Å². The van der Waals surface area contributed by atoms with Gasteiger partial charge in [0.25, 0.3) is 0 Å². The van der Waals surface area contributed by atoms with Crippen LogP contribution < -0.4 is 0 Å². The molecule has 1 aliphatic rings. The van der Waals surface area contributed by atoms with E-state index in [-0.39, 0.29) is 30.4 Å². The summed E-state index contributed by atoms with van der Waals surface area (Å²) in [4.78, 5) is 23.4. The van der Waals surface area contributed by atoms with Gasteiger partial charge in [0, 0.05) is 6.42 Å². The molecule has 0 spiro atoms. The van der Waals surface area contributed by atoms with Crippen LogP contribution in [0.4, 0.5) is 4.39 Å². The first-order valence-corrected chi connectivity index (χ1v) is 7.31. The maximum absolute atomic E-state index is 13.6. The van der Waals surface area contributed by atoms with Crippen molar-refractivity contribution >= 4 is 11.8 Å². The van der Waals surface area contributed by atoms with Gasteiger partial charge in [0.05, 0.1) is 0 Å². The summed E-state index contributed by atoms with van der Waals surface area (Å²) in [6, 6.07) is 4.98. The summed E-state index contributed by atoms with van der Waals surface area (Å²) in [5.74, 6) is -0.714. The minimum Gasteiger partial charge on any atom is -0.458 e. The van der Waals surface area contributed by atoms with Crippen molar-refractivity contribution in [3.63, 3.8) is 0 Å². The number of Topliss-reactive ketones (excluding diaryl/α,β-unsaturated/α-hetero) is 1. The highest BCUT2D eigenvalue weighted by Crippen LogP contribution is 2.35. The van der Waals surface area contributed by atoms with E-state index < -0.39 is 11.6 Å². The van der Waals surface area contributed by atoms with Crippen LogP contribution in [0.25, 0.3) is 0 Å². The van der Waals surface area contributed by atoms with Crippen molar-refractivity contribution in [3.8, 4) is 0 Å². The van der Waals surface area contributed by atoms with E-state index in [1.807, 2.05) is 19.9 Å². The lowest BCUT2D eigenvalue weighted by Crippen LogP contribution is -2.47. The number of esters is 1. The monoisotopic (exact) mass is 292 g/mol.